The van der Waals surface area contributed by atoms with E-state index in [0.717, 1.165) is 43.7 Å². The summed E-state index contributed by atoms with van der Waals surface area (Å²) >= 11 is 0. The zero-order valence-corrected chi connectivity index (χ0v) is 14.4. The lowest BCUT2D eigenvalue weighted by molar-refractivity contribution is 0.311. The van der Waals surface area contributed by atoms with Crippen LogP contribution in [-0.2, 0) is 0 Å². The molecule has 1 heterocycles. The third-order valence-electron chi connectivity index (χ3n) is 4.22. The van der Waals surface area contributed by atoms with E-state index < -0.39 is 0 Å². The van der Waals surface area contributed by atoms with Crippen molar-refractivity contribution in [3.63, 3.8) is 0 Å². The summed E-state index contributed by atoms with van der Waals surface area (Å²) in [5.41, 5.74) is 0. The Hall–Kier alpha value is -1.75. The van der Waals surface area contributed by atoms with Gasteiger partial charge in [-0.15, -0.1) is 0 Å². The molecule has 1 aromatic carbocycles. The molecule has 0 radical (unpaired) electrons. The second-order valence-corrected chi connectivity index (χ2v) is 5.94. The molecule has 0 bridgehead atoms. The van der Waals surface area contributed by atoms with E-state index in [9.17, 15) is 0 Å². The highest BCUT2D eigenvalue weighted by atomic mass is 16.5. The molecular weight excluding hydrogens is 288 g/mol. The molecule has 5 nitrogen and oxygen atoms in total. The SMILES string of the molecule is CCN1CCC(CNC(=NC)NCCCOc2ccccc2)C1. The zero-order valence-electron chi connectivity index (χ0n) is 14.4. The van der Waals surface area contributed by atoms with Gasteiger partial charge in [0.25, 0.3) is 0 Å². The van der Waals surface area contributed by atoms with Gasteiger partial charge in [0.2, 0.25) is 0 Å². The highest BCUT2D eigenvalue weighted by molar-refractivity contribution is 5.79. The number of likely N-dealkylation sites (tertiary alicyclic amines) is 1. The molecule has 1 fully saturated rings. The van der Waals surface area contributed by atoms with Crippen molar-refractivity contribution in [3.05, 3.63) is 30.3 Å². The second-order valence-electron chi connectivity index (χ2n) is 5.94. The van der Waals surface area contributed by atoms with Crippen LogP contribution >= 0.6 is 0 Å². The van der Waals surface area contributed by atoms with Gasteiger partial charge < -0.3 is 20.3 Å². The number of hydrogen-bond donors (Lipinski definition) is 2. The van der Waals surface area contributed by atoms with Crippen molar-refractivity contribution in [2.45, 2.75) is 19.8 Å². The van der Waals surface area contributed by atoms with Crippen molar-refractivity contribution in [2.75, 3.05) is 46.4 Å². The van der Waals surface area contributed by atoms with Gasteiger partial charge in [0.15, 0.2) is 5.96 Å². The molecule has 0 aliphatic carbocycles. The number of para-hydroxylation sites is 1. The van der Waals surface area contributed by atoms with Crippen LogP contribution in [0.4, 0.5) is 0 Å². The van der Waals surface area contributed by atoms with Crippen LogP contribution in [0.2, 0.25) is 0 Å². The molecule has 1 aliphatic rings. The maximum atomic E-state index is 5.68. The van der Waals surface area contributed by atoms with E-state index in [-0.39, 0.29) is 0 Å². The van der Waals surface area contributed by atoms with Gasteiger partial charge in [-0.05, 0) is 44.0 Å². The highest BCUT2D eigenvalue weighted by Gasteiger charge is 2.20. The van der Waals surface area contributed by atoms with Crippen molar-refractivity contribution in [1.82, 2.24) is 15.5 Å². The van der Waals surface area contributed by atoms with Crippen molar-refractivity contribution in [1.29, 1.82) is 0 Å². The number of rotatable bonds is 8. The molecule has 2 rings (SSSR count). The van der Waals surface area contributed by atoms with Gasteiger partial charge in [-0.1, -0.05) is 25.1 Å². The minimum Gasteiger partial charge on any atom is -0.494 e. The van der Waals surface area contributed by atoms with E-state index in [4.69, 9.17) is 4.74 Å². The minimum absolute atomic E-state index is 0.710. The van der Waals surface area contributed by atoms with Crippen LogP contribution in [0.5, 0.6) is 5.75 Å². The molecule has 0 saturated carbocycles. The third kappa shape index (κ3) is 6.48. The Labute approximate surface area is 140 Å². The summed E-state index contributed by atoms with van der Waals surface area (Å²) < 4.78 is 5.68. The quantitative estimate of drug-likeness (QED) is 0.437. The molecule has 1 aliphatic heterocycles. The van der Waals surface area contributed by atoms with Crippen molar-refractivity contribution < 1.29 is 4.74 Å². The number of nitrogens with one attached hydrogen (secondary N) is 2. The summed E-state index contributed by atoms with van der Waals surface area (Å²) in [5, 5.41) is 6.79. The Kier molecular flexibility index (Phi) is 7.73. The molecule has 0 spiro atoms. The van der Waals surface area contributed by atoms with Gasteiger partial charge >= 0.3 is 0 Å². The van der Waals surface area contributed by atoms with Crippen molar-refractivity contribution >= 4 is 5.96 Å². The van der Waals surface area contributed by atoms with Gasteiger partial charge in [0.05, 0.1) is 6.61 Å². The molecule has 5 heteroatoms. The Morgan fingerprint density at radius 2 is 2.13 bits per heavy atom. The second kappa shape index (κ2) is 10.1. The first-order valence-corrected chi connectivity index (χ1v) is 8.66. The van der Waals surface area contributed by atoms with E-state index in [1.165, 1.54) is 19.5 Å². The summed E-state index contributed by atoms with van der Waals surface area (Å²) in [5.74, 6) is 2.55. The Bertz CT molecular complexity index is 463. The van der Waals surface area contributed by atoms with E-state index in [1.54, 1.807) is 0 Å². The van der Waals surface area contributed by atoms with E-state index in [0.29, 0.717) is 6.61 Å². The van der Waals surface area contributed by atoms with Crippen LogP contribution in [-0.4, -0.2) is 57.2 Å². The first kappa shape index (κ1) is 17.6. The van der Waals surface area contributed by atoms with Crippen LogP contribution in [0, 0.1) is 5.92 Å². The number of benzene rings is 1. The maximum absolute atomic E-state index is 5.68. The monoisotopic (exact) mass is 318 g/mol. The summed E-state index contributed by atoms with van der Waals surface area (Å²) in [6, 6.07) is 9.93. The lowest BCUT2D eigenvalue weighted by Gasteiger charge is -2.16. The van der Waals surface area contributed by atoms with Crippen LogP contribution in [0.25, 0.3) is 0 Å². The molecule has 23 heavy (non-hydrogen) atoms. The molecule has 128 valence electrons. The van der Waals surface area contributed by atoms with Crippen LogP contribution in [0.3, 0.4) is 0 Å². The van der Waals surface area contributed by atoms with Gasteiger partial charge in [-0.2, -0.15) is 0 Å². The molecule has 1 saturated heterocycles. The van der Waals surface area contributed by atoms with Crippen LogP contribution in [0.1, 0.15) is 19.8 Å². The number of aliphatic imine (C=N–C) groups is 1. The predicted octanol–water partition coefficient (Wildman–Crippen LogP) is 1.96. The Balaban J connectivity index is 1.55. The summed E-state index contributed by atoms with van der Waals surface area (Å²) in [7, 11) is 1.82. The Morgan fingerprint density at radius 1 is 1.30 bits per heavy atom. The average molecular weight is 318 g/mol. The standard InChI is InChI=1S/C18H30N4O/c1-3-22-12-10-16(15-22)14-21-18(19-2)20-11-7-13-23-17-8-5-4-6-9-17/h4-6,8-9,16H,3,7,10-15H2,1-2H3,(H2,19,20,21). The van der Waals surface area contributed by atoms with Crippen molar-refractivity contribution in [2.24, 2.45) is 10.9 Å². The van der Waals surface area contributed by atoms with E-state index in [1.807, 2.05) is 37.4 Å². The maximum Gasteiger partial charge on any atom is 0.190 e. The lowest BCUT2D eigenvalue weighted by Crippen LogP contribution is -2.40. The van der Waals surface area contributed by atoms with Gasteiger partial charge in [0, 0.05) is 26.7 Å². The van der Waals surface area contributed by atoms with Crippen LogP contribution < -0.4 is 15.4 Å². The molecule has 1 aromatic rings. The van der Waals surface area contributed by atoms with E-state index in [2.05, 4.69) is 27.4 Å². The summed E-state index contributed by atoms with van der Waals surface area (Å²) in [6.45, 7) is 8.38. The fourth-order valence-corrected chi connectivity index (χ4v) is 2.81. The molecular formula is C18H30N4O. The number of nitrogens with zero attached hydrogens (tertiary/aromatic N) is 2. The largest absolute Gasteiger partial charge is 0.494 e. The molecule has 0 aromatic heterocycles. The summed E-state index contributed by atoms with van der Waals surface area (Å²) in [6.07, 6.45) is 2.23. The normalized spacial score (nSPS) is 18.9. The topological polar surface area (TPSA) is 48.9 Å². The molecule has 2 N–H and O–H groups in total. The fraction of sp³-hybridized carbons (Fsp3) is 0.611. The number of hydrogen-bond acceptors (Lipinski definition) is 3. The highest BCUT2D eigenvalue weighted by Crippen LogP contribution is 2.14. The van der Waals surface area contributed by atoms with Crippen LogP contribution in [0.15, 0.2) is 35.3 Å². The minimum atomic E-state index is 0.710. The van der Waals surface area contributed by atoms with E-state index >= 15 is 0 Å². The average Bonchev–Trinajstić information content (AvgIpc) is 3.06. The first-order chi connectivity index (χ1) is 11.3. The number of ether oxygens (including phenoxy) is 1. The van der Waals surface area contributed by atoms with Crippen molar-refractivity contribution in [3.8, 4) is 5.75 Å². The number of guanidine groups is 1. The fourth-order valence-electron chi connectivity index (χ4n) is 2.81. The predicted molar refractivity (Wildman–Crippen MR) is 96.1 cm³/mol. The Morgan fingerprint density at radius 3 is 2.83 bits per heavy atom. The van der Waals surface area contributed by atoms with Gasteiger partial charge in [0.1, 0.15) is 5.75 Å². The summed E-state index contributed by atoms with van der Waals surface area (Å²) in [4.78, 5) is 6.79. The smallest absolute Gasteiger partial charge is 0.190 e. The van der Waals surface area contributed by atoms with Gasteiger partial charge in [-0.25, -0.2) is 0 Å². The zero-order chi connectivity index (χ0) is 16.3. The first-order valence-electron chi connectivity index (χ1n) is 8.66. The molecule has 1 atom stereocenters. The van der Waals surface area contributed by atoms with Gasteiger partial charge in [-0.3, -0.25) is 4.99 Å². The molecule has 1 unspecified atom stereocenters. The third-order valence-corrected chi connectivity index (χ3v) is 4.22. The lowest BCUT2D eigenvalue weighted by atomic mass is 10.1. The molecule has 0 amide bonds.